The third-order valence-electron chi connectivity index (χ3n) is 1.91. The van der Waals surface area contributed by atoms with Crippen LogP contribution in [0.2, 0.25) is 0 Å². The molecule has 0 unspecified atom stereocenters. The van der Waals surface area contributed by atoms with Gasteiger partial charge in [-0.3, -0.25) is 14.9 Å². The van der Waals surface area contributed by atoms with Gasteiger partial charge in [0.15, 0.2) is 0 Å². The number of nitrogens with one attached hydrogen (secondary N) is 1. The largest absolute Gasteiger partial charge is 0.326 e. The Morgan fingerprint density at radius 1 is 1.56 bits per heavy atom. The van der Waals surface area contributed by atoms with Crippen molar-refractivity contribution >= 4 is 33.2 Å². The molecule has 1 aromatic carbocycles. The molecule has 0 radical (unpaired) electrons. The van der Waals surface area contributed by atoms with Crippen molar-refractivity contribution in [2.24, 2.45) is 0 Å². The summed E-state index contributed by atoms with van der Waals surface area (Å²) in [6.07, 6.45) is 1.20. The van der Waals surface area contributed by atoms with Crippen LogP contribution in [0.15, 0.2) is 22.7 Å². The normalized spacial score (nSPS) is 9.88. The maximum Gasteiger partial charge on any atom is 0.283 e. The SMILES string of the molecule is CCCC(=O)Nc1ccc([N+](=O)[O-])c(Br)c1. The molecule has 0 aliphatic rings. The molecule has 0 saturated carbocycles. The molecule has 1 rings (SSSR count). The Labute approximate surface area is 101 Å². The predicted octanol–water partition coefficient (Wildman–Crippen LogP) is 3.10. The van der Waals surface area contributed by atoms with Gasteiger partial charge in [0.05, 0.1) is 9.40 Å². The van der Waals surface area contributed by atoms with Crippen LogP contribution < -0.4 is 5.32 Å². The van der Waals surface area contributed by atoms with Crippen molar-refractivity contribution < 1.29 is 9.72 Å². The summed E-state index contributed by atoms with van der Waals surface area (Å²) in [7, 11) is 0. The Kier molecular flexibility index (Phi) is 4.42. The first-order chi connectivity index (χ1) is 7.54. The van der Waals surface area contributed by atoms with Crippen LogP contribution in [-0.4, -0.2) is 10.8 Å². The van der Waals surface area contributed by atoms with Gasteiger partial charge in [0.2, 0.25) is 5.91 Å². The number of carbonyl (C=O) groups is 1. The second-order valence-electron chi connectivity index (χ2n) is 3.22. The van der Waals surface area contributed by atoms with Gasteiger partial charge in [-0.1, -0.05) is 6.92 Å². The van der Waals surface area contributed by atoms with Gasteiger partial charge in [-0.25, -0.2) is 0 Å². The van der Waals surface area contributed by atoms with Gasteiger partial charge in [-0.2, -0.15) is 0 Å². The molecule has 1 aromatic rings. The second kappa shape index (κ2) is 5.60. The molecule has 0 heterocycles. The van der Waals surface area contributed by atoms with Crippen LogP contribution in [0.4, 0.5) is 11.4 Å². The van der Waals surface area contributed by atoms with E-state index >= 15 is 0 Å². The van der Waals surface area contributed by atoms with Crippen LogP contribution in [0, 0.1) is 10.1 Å². The minimum atomic E-state index is -0.484. The first-order valence-corrected chi connectivity index (χ1v) is 5.57. The maximum absolute atomic E-state index is 11.3. The molecule has 16 heavy (non-hydrogen) atoms. The molecule has 1 N–H and O–H groups in total. The minimum Gasteiger partial charge on any atom is -0.326 e. The summed E-state index contributed by atoms with van der Waals surface area (Å²) in [6.45, 7) is 1.91. The zero-order valence-electron chi connectivity index (χ0n) is 8.70. The lowest BCUT2D eigenvalue weighted by Gasteiger charge is -2.04. The quantitative estimate of drug-likeness (QED) is 0.683. The monoisotopic (exact) mass is 286 g/mol. The van der Waals surface area contributed by atoms with Gasteiger partial charge < -0.3 is 5.32 Å². The number of benzene rings is 1. The van der Waals surface area contributed by atoms with Crippen molar-refractivity contribution in [2.75, 3.05) is 5.32 Å². The van der Waals surface area contributed by atoms with Gasteiger partial charge in [0.1, 0.15) is 0 Å². The number of halogens is 1. The molecule has 86 valence electrons. The van der Waals surface area contributed by atoms with Crippen molar-refractivity contribution in [2.45, 2.75) is 19.8 Å². The predicted molar refractivity (Wildman–Crippen MR) is 64.3 cm³/mol. The number of nitrogens with zero attached hydrogens (tertiary/aromatic N) is 1. The molecule has 0 fully saturated rings. The average Bonchev–Trinajstić information content (AvgIpc) is 2.17. The zero-order valence-corrected chi connectivity index (χ0v) is 10.3. The average molecular weight is 287 g/mol. The Hall–Kier alpha value is -1.43. The first-order valence-electron chi connectivity index (χ1n) is 4.78. The van der Waals surface area contributed by atoms with Crippen LogP contribution in [0.1, 0.15) is 19.8 Å². The van der Waals surface area contributed by atoms with E-state index in [4.69, 9.17) is 0 Å². The second-order valence-corrected chi connectivity index (χ2v) is 4.08. The van der Waals surface area contributed by atoms with Crippen LogP contribution >= 0.6 is 15.9 Å². The van der Waals surface area contributed by atoms with E-state index in [1.807, 2.05) is 6.92 Å². The van der Waals surface area contributed by atoms with Crippen molar-refractivity contribution in [3.8, 4) is 0 Å². The molecule has 0 spiro atoms. The van der Waals surface area contributed by atoms with E-state index in [0.717, 1.165) is 6.42 Å². The molecule has 0 saturated heterocycles. The van der Waals surface area contributed by atoms with Crippen molar-refractivity contribution in [1.29, 1.82) is 0 Å². The third-order valence-corrected chi connectivity index (χ3v) is 2.54. The lowest BCUT2D eigenvalue weighted by molar-refractivity contribution is -0.385. The van der Waals surface area contributed by atoms with E-state index in [-0.39, 0.29) is 11.6 Å². The standard InChI is InChI=1S/C10H11BrN2O3/c1-2-3-10(14)12-7-4-5-9(13(15)16)8(11)6-7/h4-6H,2-3H2,1H3,(H,12,14). The van der Waals surface area contributed by atoms with Gasteiger partial charge in [0.25, 0.3) is 5.69 Å². The fourth-order valence-electron chi connectivity index (χ4n) is 1.18. The van der Waals surface area contributed by atoms with Crippen molar-refractivity contribution in [3.05, 3.63) is 32.8 Å². The molecule has 0 aromatic heterocycles. The van der Waals surface area contributed by atoms with Crippen LogP contribution in [-0.2, 0) is 4.79 Å². The van der Waals surface area contributed by atoms with Crippen molar-refractivity contribution in [3.63, 3.8) is 0 Å². The minimum absolute atomic E-state index is 0.0199. The van der Waals surface area contributed by atoms with Gasteiger partial charge >= 0.3 is 0 Å². The Balaban J connectivity index is 2.81. The van der Waals surface area contributed by atoms with E-state index in [0.29, 0.717) is 16.6 Å². The summed E-state index contributed by atoms with van der Waals surface area (Å²) >= 11 is 3.08. The summed E-state index contributed by atoms with van der Waals surface area (Å²) in [5, 5.41) is 13.2. The zero-order chi connectivity index (χ0) is 12.1. The highest BCUT2D eigenvalue weighted by atomic mass is 79.9. The number of nitro benzene ring substituents is 1. The molecule has 0 aliphatic carbocycles. The van der Waals surface area contributed by atoms with E-state index in [1.54, 1.807) is 0 Å². The van der Waals surface area contributed by atoms with E-state index in [2.05, 4.69) is 21.2 Å². The highest BCUT2D eigenvalue weighted by molar-refractivity contribution is 9.10. The summed E-state index contributed by atoms with van der Waals surface area (Å²) in [6, 6.07) is 4.38. The molecule has 5 nitrogen and oxygen atoms in total. The summed E-state index contributed by atoms with van der Waals surface area (Å²) < 4.78 is 0.354. The number of carbonyl (C=O) groups excluding carboxylic acids is 1. The number of rotatable bonds is 4. The number of nitro groups is 1. The molecular weight excluding hydrogens is 276 g/mol. The number of amides is 1. The lowest BCUT2D eigenvalue weighted by atomic mass is 10.2. The van der Waals surface area contributed by atoms with E-state index in [1.165, 1.54) is 18.2 Å². The fourth-order valence-corrected chi connectivity index (χ4v) is 1.71. The summed E-state index contributed by atoms with van der Waals surface area (Å²) in [4.78, 5) is 21.3. The molecule has 0 aliphatic heterocycles. The molecular formula is C10H11BrN2O3. The number of anilines is 1. The van der Waals surface area contributed by atoms with Crippen molar-refractivity contribution in [1.82, 2.24) is 0 Å². The highest BCUT2D eigenvalue weighted by Crippen LogP contribution is 2.27. The third kappa shape index (κ3) is 3.30. The van der Waals surface area contributed by atoms with Crippen LogP contribution in [0.3, 0.4) is 0 Å². The number of hydrogen-bond donors (Lipinski definition) is 1. The van der Waals surface area contributed by atoms with Gasteiger partial charge in [0, 0.05) is 18.2 Å². The Morgan fingerprint density at radius 3 is 2.75 bits per heavy atom. The van der Waals surface area contributed by atoms with E-state index < -0.39 is 4.92 Å². The molecule has 1 amide bonds. The first kappa shape index (κ1) is 12.6. The van der Waals surface area contributed by atoms with Gasteiger partial charge in [-0.05, 0) is 34.5 Å². The van der Waals surface area contributed by atoms with Crippen LogP contribution in [0.5, 0.6) is 0 Å². The Bertz CT molecular complexity index is 421. The summed E-state index contributed by atoms with van der Waals surface area (Å²) in [5.74, 6) is -0.0942. The Morgan fingerprint density at radius 2 is 2.25 bits per heavy atom. The van der Waals surface area contributed by atoms with Gasteiger partial charge in [-0.15, -0.1) is 0 Å². The van der Waals surface area contributed by atoms with Crippen LogP contribution in [0.25, 0.3) is 0 Å². The maximum atomic E-state index is 11.3. The number of hydrogen-bond acceptors (Lipinski definition) is 3. The molecule has 0 atom stereocenters. The lowest BCUT2D eigenvalue weighted by Crippen LogP contribution is -2.10. The van der Waals surface area contributed by atoms with E-state index in [9.17, 15) is 14.9 Å². The smallest absolute Gasteiger partial charge is 0.283 e. The summed E-state index contributed by atoms with van der Waals surface area (Å²) in [5.41, 5.74) is 0.532. The fraction of sp³-hybridized carbons (Fsp3) is 0.300. The molecule has 0 bridgehead atoms. The highest BCUT2D eigenvalue weighted by Gasteiger charge is 2.12. The molecule has 6 heteroatoms. The topological polar surface area (TPSA) is 72.2 Å².